The molecule has 0 atom stereocenters. The Kier molecular flexibility index (Phi) is 7.91. The number of amides is 1. The number of nitro benzene ring substituents is 1. The van der Waals surface area contributed by atoms with Crippen molar-refractivity contribution in [2.75, 3.05) is 26.9 Å². The Morgan fingerprint density at radius 2 is 1.89 bits per heavy atom. The molecule has 0 aliphatic carbocycles. The lowest BCUT2D eigenvalue weighted by Gasteiger charge is -2.22. The number of hydrogen-bond acceptors (Lipinski definition) is 6. The fourth-order valence-corrected chi connectivity index (χ4v) is 2.63. The number of non-ortho nitro benzene ring substituents is 1. The second-order valence-corrected chi connectivity index (χ2v) is 6.20. The number of halogens is 1. The zero-order valence-corrected chi connectivity index (χ0v) is 15.9. The van der Waals surface area contributed by atoms with Gasteiger partial charge in [-0.25, -0.2) is 4.79 Å². The average molecular weight is 407 g/mol. The van der Waals surface area contributed by atoms with Crippen LogP contribution in [0.2, 0.25) is 5.02 Å². The van der Waals surface area contributed by atoms with E-state index in [-0.39, 0.29) is 16.3 Å². The smallest absolute Gasteiger partial charge is 0.340 e. The van der Waals surface area contributed by atoms with Crippen molar-refractivity contribution in [3.05, 3.63) is 74.8 Å². The van der Waals surface area contributed by atoms with Crippen molar-refractivity contribution in [2.45, 2.75) is 6.54 Å². The summed E-state index contributed by atoms with van der Waals surface area (Å²) < 4.78 is 10.1. The van der Waals surface area contributed by atoms with E-state index >= 15 is 0 Å². The highest BCUT2D eigenvalue weighted by Gasteiger charge is 2.20. The third-order valence-electron chi connectivity index (χ3n) is 3.84. The number of nitrogens with zero attached hydrogens (tertiary/aromatic N) is 2. The van der Waals surface area contributed by atoms with Crippen molar-refractivity contribution >= 4 is 29.2 Å². The molecule has 0 bridgehead atoms. The quantitative estimate of drug-likeness (QED) is 0.360. The van der Waals surface area contributed by atoms with Crippen LogP contribution in [0, 0.1) is 10.1 Å². The first kappa shape index (κ1) is 21.3. The van der Waals surface area contributed by atoms with Crippen molar-refractivity contribution < 1.29 is 24.0 Å². The van der Waals surface area contributed by atoms with Gasteiger partial charge in [0.05, 0.1) is 22.1 Å². The number of rotatable bonds is 9. The first-order valence-corrected chi connectivity index (χ1v) is 8.72. The molecule has 2 rings (SSSR count). The molecule has 2 aromatic carbocycles. The predicted octanol–water partition coefficient (Wildman–Crippen LogP) is 3.08. The molecule has 0 spiro atoms. The standard InChI is InChI=1S/C19H19ClN2O6/c1-27-10-9-21(12-14-5-3-2-4-6-14)18(23)13-28-19(24)16-8-7-15(22(25)26)11-17(16)20/h2-8,11H,9-10,12-13H2,1H3. The van der Waals surface area contributed by atoms with E-state index in [1.165, 1.54) is 18.1 Å². The van der Waals surface area contributed by atoms with Crippen molar-refractivity contribution in [3.8, 4) is 0 Å². The van der Waals surface area contributed by atoms with Crippen LogP contribution in [0.4, 0.5) is 5.69 Å². The molecule has 0 saturated heterocycles. The molecule has 0 radical (unpaired) electrons. The molecular weight excluding hydrogens is 388 g/mol. The number of ether oxygens (including phenoxy) is 2. The Bertz CT molecular complexity index is 844. The van der Waals surface area contributed by atoms with Crippen LogP contribution in [0.3, 0.4) is 0 Å². The summed E-state index contributed by atoms with van der Waals surface area (Å²) in [6.07, 6.45) is 0. The molecule has 0 aliphatic rings. The van der Waals surface area contributed by atoms with Gasteiger partial charge in [0.2, 0.25) is 0 Å². The van der Waals surface area contributed by atoms with Crippen LogP contribution in [0.15, 0.2) is 48.5 Å². The van der Waals surface area contributed by atoms with Crippen LogP contribution in [0.25, 0.3) is 0 Å². The molecule has 28 heavy (non-hydrogen) atoms. The molecule has 0 heterocycles. The van der Waals surface area contributed by atoms with E-state index in [1.807, 2.05) is 30.3 Å². The molecular formula is C19H19ClN2O6. The van der Waals surface area contributed by atoms with E-state index in [0.29, 0.717) is 19.7 Å². The zero-order chi connectivity index (χ0) is 20.5. The van der Waals surface area contributed by atoms with Gasteiger partial charge in [-0.2, -0.15) is 0 Å². The van der Waals surface area contributed by atoms with Crippen molar-refractivity contribution in [2.24, 2.45) is 0 Å². The van der Waals surface area contributed by atoms with Crippen LogP contribution < -0.4 is 0 Å². The van der Waals surface area contributed by atoms with Crippen molar-refractivity contribution in [3.63, 3.8) is 0 Å². The van der Waals surface area contributed by atoms with E-state index in [2.05, 4.69) is 0 Å². The minimum absolute atomic E-state index is 0.0495. The van der Waals surface area contributed by atoms with E-state index in [1.54, 1.807) is 0 Å². The normalized spacial score (nSPS) is 10.4. The van der Waals surface area contributed by atoms with Crippen LogP contribution in [-0.2, 0) is 20.8 Å². The Balaban J connectivity index is 2.00. The third kappa shape index (κ3) is 6.04. The largest absolute Gasteiger partial charge is 0.452 e. The Morgan fingerprint density at radius 1 is 1.18 bits per heavy atom. The molecule has 0 aromatic heterocycles. The van der Waals surface area contributed by atoms with Gasteiger partial charge in [0.25, 0.3) is 11.6 Å². The maximum atomic E-state index is 12.5. The summed E-state index contributed by atoms with van der Waals surface area (Å²) >= 11 is 5.90. The highest BCUT2D eigenvalue weighted by molar-refractivity contribution is 6.33. The maximum absolute atomic E-state index is 12.5. The molecule has 0 aliphatic heterocycles. The number of carbonyl (C=O) groups is 2. The first-order valence-electron chi connectivity index (χ1n) is 8.34. The lowest BCUT2D eigenvalue weighted by Crippen LogP contribution is -2.36. The number of benzene rings is 2. The number of methoxy groups -OCH3 is 1. The van der Waals surface area contributed by atoms with Gasteiger partial charge in [-0.1, -0.05) is 41.9 Å². The molecule has 1 amide bonds. The molecule has 0 N–H and O–H groups in total. The van der Waals surface area contributed by atoms with Gasteiger partial charge in [0.1, 0.15) is 0 Å². The monoisotopic (exact) mass is 406 g/mol. The predicted molar refractivity (Wildman–Crippen MR) is 102 cm³/mol. The van der Waals surface area contributed by atoms with E-state index < -0.39 is 23.4 Å². The average Bonchev–Trinajstić information content (AvgIpc) is 2.69. The second-order valence-electron chi connectivity index (χ2n) is 5.79. The van der Waals surface area contributed by atoms with Gasteiger partial charge in [0.15, 0.2) is 6.61 Å². The van der Waals surface area contributed by atoms with Gasteiger partial charge in [-0.15, -0.1) is 0 Å². The van der Waals surface area contributed by atoms with Crippen LogP contribution in [-0.4, -0.2) is 48.6 Å². The van der Waals surface area contributed by atoms with Crippen LogP contribution in [0.1, 0.15) is 15.9 Å². The highest BCUT2D eigenvalue weighted by atomic mass is 35.5. The van der Waals surface area contributed by atoms with Gasteiger partial charge >= 0.3 is 5.97 Å². The molecule has 0 saturated carbocycles. The lowest BCUT2D eigenvalue weighted by molar-refractivity contribution is -0.384. The zero-order valence-electron chi connectivity index (χ0n) is 15.2. The van der Waals surface area contributed by atoms with E-state index in [9.17, 15) is 19.7 Å². The molecule has 2 aromatic rings. The third-order valence-corrected chi connectivity index (χ3v) is 4.16. The number of nitro groups is 1. The highest BCUT2D eigenvalue weighted by Crippen LogP contribution is 2.23. The summed E-state index contributed by atoms with van der Waals surface area (Å²) in [7, 11) is 1.53. The Labute approximate surface area is 166 Å². The topological polar surface area (TPSA) is 99.0 Å². The molecule has 0 fully saturated rings. The van der Waals surface area contributed by atoms with Crippen LogP contribution >= 0.6 is 11.6 Å². The minimum atomic E-state index is -0.834. The van der Waals surface area contributed by atoms with Crippen LogP contribution in [0.5, 0.6) is 0 Å². The Morgan fingerprint density at radius 3 is 2.50 bits per heavy atom. The number of esters is 1. The minimum Gasteiger partial charge on any atom is -0.452 e. The van der Waals surface area contributed by atoms with Crippen molar-refractivity contribution in [1.82, 2.24) is 4.90 Å². The second kappa shape index (κ2) is 10.4. The lowest BCUT2D eigenvalue weighted by atomic mass is 10.2. The fourth-order valence-electron chi connectivity index (χ4n) is 2.38. The number of carbonyl (C=O) groups excluding carboxylic acids is 2. The number of hydrogen-bond donors (Lipinski definition) is 0. The summed E-state index contributed by atoms with van der Waals surface area (Å²) in [6.45, 7) is 0.530. The van der Waals surface area contributed by atoms with Gasteiger partial charge < -0.3 is 14.4 Å². The first-order chi connectivity index (χ1) is 13.4. The van der Waals surface area contributed by atoms with E-state index in [4.69, 9.17) is 21.1 Å². The van der Waals surface area contributed by atoms with E-state index in [0.717, 1.165) is 17.7 Å². The Hall–Kier alpha value is -2.97. The summed E-state index contributed by atoms with van der Waals surface area (Å²) in [4.78, 5) is 36.3. The van der Waals surface area contributed by atoms with Gasteiger partial charge in [0, 0.05) is 32.3 Å². The maximum Gasteiger partial charge on any atom is 0.340 e. The summed E-state index contributed by atoms with van der Waals surface area (Å²) in [6, 6.07) is 12.8. The summed E-state index contributed by atoms with van der Waals surface area (Å²) in [5, 5.41) is 10.6. The fraction of sp³-hybridized carbons (Fsp3) is 0.263. The van der Waals surface area contributed by atoms with Gasteiger partial charge in [-0.3, -0.25) is 14.9 Å². The molecule has 9 heteroatoms. The molecule has 148 valence electrons. The SMILES string of the molecule is COCCN(Cc1ccccc1)C(=O)COC(=O)c1ccc([N+](=O)[O-])cc1Cl. The van der Waals surface area contributed by atoms with Crippen molar-refractivity contribution in [1.29, 1.82) is 0 Å². The molecule has 8 nitrogen and oxygen atoms in total. The van der Waals surface area contributed by atoms with Gasteiger partial charge in [-0.05, 0) is 11.6 Å². The summed E-state index contributed by atoms with van der Waals surface area (Å²) in [5.74, 6) is -1.23. The molecule has 0 unspecified atom stereocenters. The summed E-state index contributed by atoms with van der Waals surface area (Å²) in [5.41, 5.74) is 0.634.